The molecule has 0 fully saturated rings. The molecule has 0 aliphatic carbocycles. The summed E-state index contributed by atoms with van der Waals surface area (Å²) in [5, 5.41) is 4.48. The molecule has 1 aromatic carbocycles. The zero-order chi connectivity index (χ0) is 20.5. The Morgan fingerprint density at radius 3 is 2.82 bits per heavy atom. The summed E-state index contributed by atoms with van der Waals surface area (Å²) >= 11 is 7.56. The molecule has 2 heterocycles. The van der Waals surface area contributed by atoms with Crippen molar-refractivity contribution in [3.05, 3.63) is 44.7 Å². The number of halogens is 1. The third-order valence-electron chi connectivity index (χ3n) is 4.33. The van der Waals surface area contributed by atoms with Gasteiger partial charge in [-0.05, 0) is 30.5 Å². The van der Waals surface area contributed by atoms with Gasteiger partial charge in [0.25, 0.3) is 5.91 Å². The summed E-state index contributed by atoms with van der Waals surface area (Å²) in [7, 11) is 1.52. The predicted molar refractivity (Wildman–Crippen MR) is 112 cm³/mol. The average molecular weight is 422 g/mol. The van der Waals surface area contributed by atoms with Crippen LogP contribution in [0.5, 0.6) is 5.75 Å². The van der Waals surface area contributed by atoms with Crippen LogP contribution >= 0.6 is 22.9 Å². The van der Waals surface area contributed by atoms with Gasteiger partial charge in [-0.3, -0.25) is 4.79 Å². The first kappa shape index (κ1) is 20.6. The lowest BCUT2D eigenvalue weighted by atomic mass is 9.95. The van der Waals surface area contributed by atoms with E-state index in [9.17, 15) is 4.79 Å². The van der Waals surface area contributed by atoms with Crippen molar-refractivity contribution in [2.75, 3.05) is 7.11 Å². The Morgan fingerprint density at radius 2 is 2.21 bits per heavy atom. The van der Waals surface area contributed by atoms with E-state index in [1.54, 1.807) is 18.2 Å². The van der Waals surface area contributed by atoms with Crippen LogP contribution in [0.15, 0.2) is 34.5 Å². The molecule has 0 N–H and O–H groups in total. The van der Waals surface area contributed by atoms with Crippen LogP contribution in [0.25, 0.3) is 0 Å². The highest BCUT2D eigenvalue weighted by Gasteiger charge is 2.23. The number of rotatable bonds is 4. The normalized spacial score (nSPS) is 17.4. The highest BCUT2D eigenvalue weighted by atomic mass is 35.5. The molecule has 0 saturated carbocycles. The van der Waals surface area contributed by atoms with Crippen LogP contribution in [0.1, 0.15) is 49.4 Å². The van der Waals surface area contributed by atoms with Gasteiger partial charge < -0.3 is 14.1 Å². The third kappa shape index (κ3) is 4.64. The van der Waals surface area contributed by atoms with Crippen LogP contribution in [0, 0.1) is 0 Å². The van der Waals surface area contributed by atoms with Gasteiger partial charge in [0.2, 0.25) is 0 Å². The van der Waals surface area contributed by atoms with E-state index in [-0.39, 0.29) is 11.5 Å². The van der Waals surface area contributed by atoms with Crippen LogP contribution in [-0.2, 0) is 16.8 Å². The molecular weight excluding hydrogens is 398 g/mol. The molecule has 1 aliphatic heterocycles. The average Bonchev–Trinajstić information content (AvgIpc) is 3.21. The monoisotopic (exact) mass is 421 g/mol. The maximum absolute atomic E-state index is 12.9. The summed E-state index contributed by atoms with van der Waals surface area (Å²) in [6, 6.07) is 4.92. The predicted octanol–water partition coefficient (Wildman–Crippen LogP) is 4.42. The van der Waals surface area contributed by atoms with E-state index >= 15 is 0 Å². The maximum Gasteiger partial charge on any atom is 0.283 e. The second-order valence-corrected chi connectivity index (χ2v) is 9.25. The van der Waals surface area contributed by atoms with Crippen molar-refractivity contribution >= 4 is 34.6 Å². The summed E-state index contributed by atoms with van der Waals surface area (Å²) in [5.41, 5.74) is 1.25. The molecule has 1 atom stereocenters. The van der Waals surface area contributed by atoms with Gasteiger partial charge in [0.05, 0.1) is 24.9 Å². The second-order valence-electron chi connectivity index (χ2n) is 7.80. The van der Waals surface area contributed by atoms with Gasteiger partial charge in [-0.1, -0.05) is 37.5 Å². The Labute approximate surface area is 173 Å². The molecule has 1 aromatic heterocycles. The number of benzene rings is 1. The van der Waals surface area contributed by atoms with Crippen molar-refractivity contribution in [2.45, 2.75) is 52.2 Å². The largest absolute Gasteiger partial charge is 0.496 e. The van der Waals surface area contributed by atoms with Crippen molar-refractivity contribution in [1.29, 1.82) is 0 Å². The molecule has 2 aromatic rings. The number of carbonyl (C=O) groups is 1. The molecule has 28 heavy (non-hydrogen) atoms. The topological polar surface area (TPSA) is 65.2 Å². The summed E-state index contributed by atoms with van der Waals surface area (Å²) in [5.74, 6) is 0.0515. The number of methoxy groups -OCH3 is 1. The molecule has 0 saturated heterocycles. The number of hydrogen-bond donors (Lipinski definition) is 0. The molecule has 150 valence electrons. The molecule has 1 aliphatic rings. The minimum Gasteiger partial charge on any atom is -0.496 e. The van der Waals surface area contributed by atoms with Crippen LogP contribution in [0.2, 0.25) is 5.02 Å². The van der Waals surface area contributed by atoms with Gasteiger partial charge in [-0.25, -0.2) is 0 Å². The summed E-state index contributed by atoms with van der Waals surface area (Å²) in [6.45, 7) is 8.92. The number of hydrogen-bond acceptors (Lipinski definition) is 5. The molecular formula is C20H24ClN3O3S. The fraction of sp³-hybridized carbons (Fsp3) is 0.450. The molecule has 3 rings (SSSR count). The fourth-order valence-electron chi connectivity index (χ4n) is 2.82. The first-order chi connectivity index (χ1) is 13.2. The minimum atomic E-state index is -0.393. The van der Waals surface area contributed by atoms with E-state index in [0.717, 1.165) is 17.0 Å². The van der Waals surface area contributed by atoms with Crippen molar-refractivity contribution in [2.24, 2.45) is 10.1 Å². The van der Waals surface area contributed by atoms with Crippen molar-refractivity contribution < 1.29 is 14.4 Å². The van der Waals surface area contributed by atoms with Crippen molar-refractivity contribution in [1.82, 2.24) is 4.57 Å². The van der Waals surface area contributed by atoms with E-state index < -0.39 is 5.91 Å². The Bertz CT molecular complexity index is 985. The third-order valence-corrected chi connectivity index (χ3v) is 6.01. The highest BCUT2D eigenvalue weighted by molar-refractivity contribution is 7.09. The van der Waals surface area contributed by atoms with Gasteiger partial charge in [-0.2, -0.15) is 4.99 Å². The first-order valence-corrected chi connectivity index (χ1v) is 10.2. The Hall–Kier alpha value is -2.12. The van der Waals surface area contributed by atoms with Gasteiger partial charge in [-0.15, -0.1) is 11.3 Å². The van der Waals surface area contributed by atoms with Gasteiger partial charge in [0.15, 0.2) is 10.9 Å². The lowest BCUT2D eigenvalue weighted by Gasteiger charge is -2.15. The molecule has 8 heteroatoms. The van der Waals surface area contributed by atoms with Crippen LogP contribution in [0.3, 0.4) is 0 Å². The zero-order valence-corrected chi connectivity index (χ0v) is 18.2. The smallest absolute Gasteiger partial charge is 0.283 e. The number of carbonyl (C=O) groups excluding carboxylic acids is 1. The number of oxime groups is 1. The van der Waals surface area contributed by atoms with E-state index in [2.05, 4.69) is 30.9 Å². The summed E-state index contributed by atoms with van der Waals surface area (Å²) in [6.07, 6.45) is 2.75. The van der Waals surface area contributed by atoms with E-state index in [4.69, 9.17) is 21.2 Å². The van der Waals surface area contributed by atoms with Crippen molar-refractivity contribution in [3.63, 3.8) is 0 Å². The standard InChI is InChI=1S/C20H24ClN3O3S/c1-12-8-14(27-23-12)10-24-11-17(20(2,3)4)28-19(24)22-18(25)15-9-13(21)6-7-16(15)26-5/h6-7,9,11,14H,8,10H2,1-5H3/b22-19-. The fourth-order valence-corrected chi connectivity index (χ4v) is 4.05. The summed E-state index contributed by atoms with van der Waals surface area (Å²) in [4.78, 5) is 24.5. The Kier molecular flexibility index (Phi) is 5.95. The van der Waals surface area contributed by atoms with Gasteiger partial charge >= 0.3 is 0 Å². The molecule has 0 radical (unpaired) electrons. The molecule has 6 nitrogen and oxygen atoms in total. The zero-order valence-electron chi connectivity index (χ0n) is 16.7. The molecule has 1 unspecified atom stereocenters. The van der Waals surface area contributed by atoms with Crippen molar-refractivity contribution in [3.8, 4) is 5.75 Å². The lowest BCUT2D eigenvalue weighted by Crippen LogP contribution is -2.24. The number of nitrogens with zero attached hydrogens (tertiary/aromatic N) is 3. The van der Waals surface area contributed by atoms with E-state index in [0.29, 0.717) is 27.7 Å². The van der Waals surface area contributed by atoms with Crippen LogP contribution in [-0.4, -0.2) is 29.4 Å². The Morgan fingerprint density at radius 1 is 1.46 bits per heavy atom. The molecule has 0 spiro atoms. The van der Waals surface area contributed by atoms with E-state index in [1.807, 2.05) is 17.7 Å². The number of ether oxygens (including phenoxy) is 1. The van der Waals surface area contributed by atoms with Gasteiger partial charge in [0, 0.05) is 22.5 Å². The second kappa shape index (κ2) is 8.09. The van der Waals surface area contributed by atoms with Crippen LogP contribution < -0.4 is 9.54 Å². The SMILES string of the molecule is COc1ccc(Cl)cc1C(=O)/N=c1\sc(C(C)(C)C)cn1CC1CC(C)=NO1. The van der Waals surface area contributed by atoms with Crippen LogP contribution in [0.4, 0.5) is 0 Å². The first-order valence-electron chi connectivity index (χ1n) is 9.00. The highest BCUT2D eigenvalue weighted by Crippen LogP contribution is 2.26. The Balaban J connectivity index is 2.00. The quantitative estimate of drug-likeness (QED) is 0.734. The minimum absolute atomic E-state index is 0.0556. The van der Waals surface area contributed by atoms with Gasteiger partial charge in [0.1, 0.15) is 5.75 Å². The van der Waals surface area contributed by atoms with E-state index in [1.165, 1.54) is 18.4 Å². The number of aromatic nitrogens is 1. The lowest BCUT2D eigenvalue weighted by molar-refractivity contribution is 0.0717. The molecule has 1 amide bonds. The maximum atomic E-state index is 12.9. The summed E-state index contributed by atoms with van der Waals surface area (Å²) < 4.78 is 7.26. The molecule has 0 bridgehead atoms. The number of amides is 1. The number of thiazole rings is 1.